The zero-order valence-corrected chi connectivity index (χ0v) is 21.3. The molecule has 34 heavy (non-hydrogen) atoms. The van der Waals surface area contributed by atoms with Crippen molar-refractivity contribution in [2.24, 2.45) is 0 Å². The number of carbonyl (C=O) groups excluding carboxylic acids is 1. The van der Waals surface area contributed by atoms with Crippen LogP contribution >= 0.6 is 23.7 Å². The largest absolute Gasteiger partial charge is 0.494 e. The van der Waals surface area contributed by atoms with Crippen molar-refractivity contribution in [1.82, 2.24) is 14.5 Å². The molecule has 0 N–H and O–H groups in total. The number of anilines is 1. The van der Waals surface area contributed by atoms with Crippen molar-refractivity contribution in [3.63, 3.8) is 0 Å². The molecule has 0 saturated carbocycles. The molecule has 4 aromatic rings. The van der Waals surface area contributed by atoms with E-state index in [9.17, 15) is 4.79 Å². The summed E-state index contributed by atoms with van der Waals surface area (Å²) in [5, 5.41) is 0.733. The normalized spacial score (nSPS) is 10.8. The van der Waals surface area contributed by atoms with E-state index in [1.807, 2.05) is 41.1 Å². The second-order valence-electron chi connectivity index (χ2n) is 7.99. The summed E-state index contributed by atoms with van der Waals surface area (Å²) in [6, 6.07) is 13.8. The number of imidazole rings is 1. The summed E-state index contributed by atoms with van der Waals surface area (Å²) in [6.45, 7) is 6.34. The number of carbonyl (C=O) groups is 1. The van der Waals surface area contributed by atoms with E-state index in [4.69, 9.17) is 9.72 Å². The zero-order valence-electron chi connectivity index (χ0n) is 19.6. The fourth-order valence-corrected chi connectivity index (χ4v) is 4.64. The van der Waals surface area contributed by atoms with Gasteiger partial charge in [-0.1, -0.05) is 37.7 Å². The number of benzene rings is 2. The van der Waals surface area contributed by atoms with Gasteiger partial charge in [-0.2, -0.15) is 0 Å². The number of hydrogen-bond donors (Lipinski definition) is 0. The molecule has 0 aliphatic rings. The second kappa shape index (κ2) is 12.5. The molecule has 0 spiro atoms. The molecule has 2 aromatic heterocycles. The molecule has 0 radical (unpaired) electrons. The van der Waals surface area contributed by atoms with Gasteiger partial charge in [-0.25, -0.2) is 9.97 Å². The molecule has 4 rings (SSSR count). The first-order valence-corrected chi connectivity index (χ1v) is 12.4. The first kappa shape index (κ1) is 25.7. The second-order valence-corrected chi connectivity index (χ2v) is 9.00. The van der Waals surface area contributed by atoms with Gasteiger partial charge in [-0.3, -0.25) is 9.69 Å². The first-order valence-electron chi connectivity index (χ1n) is 11.6. The van der Waals surface area contributed by atoms with Gasteiger partial charge in [0.25, 0.3) is 5.91 Å². The number of aryl methyl sites for hydroxylation is 2. The van der Waals surface area contributed by atoms with Crippen molar-refractivity contribution >= 4 is 45.0 Å². The van der Waals surface area contributed by atoms with E-state index in [0.29, 0.717) is 18.7 Å². The molecular formula is C26H31ClN4O2S. The third-order valence-electron chi connectivity index (χ3n) is 5.55. The van der Waals surface area contributed by atoms with Crippen LogP contribution in [-0.2, 0) is 13.0 Å². The maximum Gasteiger partial charge on any atom is 0.260 e. The Hall–Kier alpha value is -2.90. The summed E-state index contributed by atoms with van der Waals surface area (Å²) in [5.74, 6) is 0.745. The summed E-state index contributed by atoms with van der Waals surface area (Å²) >= 11 is 1.57. The van der Waals surface area contributed by atoms with E-state index < -0.39 is 0 Å². The van der Waals surface area contributed by atoms with Crippen molar-refractivity contribution in [3.05, 3.63) is 72.3 Å². The summed E-state index contributed by atoms with van der Waals surface area (Å²) in [5.41, 5.74) is 2.84. The van der Waals surface area contributed by atoms with Gasteiger partial charge in [0.05, 0.1) is 23.2 Å². The lowest BCUT2D eigenvalue weighted by molar-refractivity contribution is 0.0986. The van der Waals surface area contributed by atoms with E-state index in [1.165, 1.54) is 5.56 Å². The number of ether oxygens (including phenoxy) is 1. The molecule has 2 aromatic carbocycles. The predicted molar refractivity (Wildman–Crippen MR) is 142 cm³/mol. The molecule has 0 aliphatic heterocycles. The van der Waals surface area contributed by atoms with Gasteiger partial charge in [-0.05, 0) is 61.2 Å². The molecule has 6 nitrogen and oxygen atoms in total. The van der Waals surface area contributed by atoms with Crippen molar-refractivity contribution in [2.45, 2.75) is 46.1 Å². The van der Waals surface area contributed by atoms with Gasteiger partial charge in [0.2, 0.25) is 0 Å². The SMILES string of the molecule is CCCCOc1ccc(C(=O)N(CCCn2ccnc2)c2nc3ccc(CC)cc3s2)cc1.Cl. The summed E-state index contributed by atoms with van der Waals surface area (Å²) in [6.07, 6.45) is 9.39. The van der Waals surface area contributed by atoms with Crippen LogP contribution in [0.25, 0.3) is 10.2 Å². The third kappa shape index (κ3) is 6.36. The Labute approximate surface area is 211 Å². The lowest BCUT2D eigenvalue weighted by Gasteiger charge is -2.20. The van der Waals surface area contributed by atoms with E-state index >= 15 is 0 Å². The van der Waals surface area contributed by atoms with Crippen LogP contribution in [0, 0.1) is 0 Å². The molecule has 0 aliphatic carbocycles. The standard InChI is InChI=1S/C26H30N4O2S.ClH/c1-3-5-17-32-22-10-8-21(9-11-22)25(31)30(15-6-14-29-16-13-27-19-29)26-28-23-12-7-20(4-2)18-24(23)33-26;/h7-13,16,18-19H,3-6,14-15,17H2,1-2H3;1H. The molecule has 0 bridgehead atoms. The lowest BCUT2D eigenvalue weighted by atomic mass is 10.2. The van der Waals surface area contributed by atoms with Gasteiger partial charge in [0.15, 0.2) is 5.13 Å². The molecule has 2 heterocycles. The van der Waals surface area contributed by atoms with Gasteiger partial charge < -0.3 is 9.30 Å². The van der Waals surface area contributed by atoms with Crippen LogP contribution in [0.3, 0.4) is 0 Å². The highest BCUT2D eigenvalue weighted by Crippen LogP contribution is 2.31. The average molecular weight is 499 g/mol. The molecule has 1 amide bonds. The highest BCUT2D eigenvalue weighted by molar-refractivity contribution is 7.22. The highest BCUT2D eigenvalue weighted by Gasteiger charge is 2.21. The number of hydrogen-bond acceptors (Lipinski definition) is 5. The smallest absolute Gasteiger partial charge is 0.260 e. The summed E-state index contributed by atoms with van der Waals surface area (Å²) < 4.78 is 8.88. The molecule has 180 valence electrons. The third-order valence-corrected chi connectivity index (χ3v) is 6.59. The van der Waals surface area contributed by atoms with Gasteiger partial charge in [0.1, 0.15) is 5.75 Å². The van der Waals surface area contributed by atoms with Crippen LogP contribution in [0.2, 0.25) is 0 Å². The van der Waals surface area contributed by atoms with Crippen molar-refractivity contribution in [2.75, 3.05) is 18.1 Å². The van der Waals surface area contributed by atoms with E-state index in [2.05, 4.69) is 31.0 Å². The van der Waals surface area contributed by atoms with Gasteiger partial charge in [0, 0.05) is 31.0 Å². The fraction of sp³-hybridized carbons (Fsp3) is 0.346. The Morgan fingerprint density at radius 2 is 1.94 bits per heavy atom. The maximum absolute atomic E-state index is 13.5. The van der Waals surface area contributed by atoms with Crippen LogP contribution in [0.1, 0.15) is 49.0 Å². The molecule has 0 fully saturated rings. The minimum atomic E-state index is -0.0458. The first-order chi connectivity index (χ1) is 16.2. The number of rotatable bonds is 11. The minimum absolute atomic E-state index is 0. The number of thiazole rings is 1. The number of halogens is 1. The topological polar surface area (TPSA) is 60.2 Å². The van der Waals surface area contributed by atoms with E-state index in [-0.39, 0.29) is 18.3 Å². The monoisotopic (exact) mass is 498 g/mol. The number of aromatic nitrogens is 3. The Kier molecular flexibility index (Phi) is 9.48. The van der Waals surface area contributed by atoms with Crippen molar-refractivity contribution in [1.29, 1.82) is 0 Å². The Morgan fingerprint density at radius 3 is 2.65 bits per heavy atom. The van der Waals surface area contributed by atoms with Gasteiger partial charge >= 0.3 is 0 Å². The van der Waals surface area contributed by atoms with Crippen LogP contribution in [0.4, 0.5) is 5.13 Å². The molecule has 0 unspecified atom stereocenters. The Morgan fingerprint density at radius 1 is 1.12 bits per heavy atom. The number of unbranched alkanes of at least 4 members (excludes halogenated alkanes) is 1. The zero-order chi connectivity index (χ0) is 23.0. The van der Waals surface area contributed by atoms with Gasteiger partial charge in [-0.15, -0.1) is 12.4 Å². The lowest BCUT2D eigenvalue weighted by Crippen LogP contribution is -2.32. The number of nitrogens with zero attached hydrogens (tertiary/aromatic N) is 4. The molecule has 8 heteroatoms. The Balaban J connectivity index is 0.00000324. The summed E-state index contributed by atoms with van der Waals surface area (Å²) in [7, 11) is 0. The maximum atomic E-state index is 13.5. The van der Waals surface area contributed by atoms with Crippen molar-refractivity contribution < 1.29 is 9.53 Å². The van der Waals surface area contributed by atoms with Crippen LogP contribution in [-0.4, -0.2) is 33.6 Å². The quantitative estimate of drug-likeness (QED) is 0.225. The molecular weight excluding hydrogens is 468 g/mol. The van der Waals surface area contributed by atoms with Crippen molar-refractivity contribution in [3.8, 4) is 5.75 Å². The predicted octanol–water partition coefficient (Wildman–Crippen LogP) is 6.39. The van der Waals surface area contributed by atoms with Crippen LogP contribution < -0.4 is 9.64 Å². The van der Waals surface area contributed by atoms with E-state index in [1.54, 1.807) is 28.8 Å². The molecule has 0 atom stereocenters. The van der Waals surface area contributed by atoms with Crippen LogP contribution in [0.15, 0.2) is 61.2 Å². The number of amides is 1. The van der Waals surface area contributed by atoms with E-state index in [0.717, 1.165) is 53.3 Å². The number of fused-ring (bicyclic) bond motifs is 1. The summed E-state index contributed by atoms with van der Waals surface area (Å²) in [4.78, 5) is 24.2. The van der Waals surface area contributed by atoms with Crippen LogP contribution in [0.5, 0.6) is 5.75 Å². The minimum Gasteiger partial charge on any atom is -0.494 e. The highest BCUT2D eigenvalue weighted by atomic mass is 35.5. The fourth-order valence-electron chi connectivity index (χ4n) is 3.59. The Bertz CT molecular complexity index is 1180. The molecule has 0 saturated heterocycles. The average Bonchev–Trinajstić information content (AvgIpc) is 3.51.